The summed E-state index contributed by atoms with van der Waals surface area (Å²) in [6.07, 6.45) is 1.76. The molecule has 1 unspecified atom stereocenters. The van der Waals surface area contributed by atoms with Crippen LogP contribution in [0.25, 0.3) is 0 Å². The second-order valence-corrected chi connectivity index (χ2v) is 4.92. The van der Waals surface area contributed by atoms with Gasteiger partial charge in [-0.25, -0.2) is 0 Å². The lowest BCUT2D eigenvalue weighted by Crippen LogP contribution is -2.15. The first-order valence-electron chi connectivity index (χ1n) is 6.47. The standard InChI is InChI=1S/C16H14N2O2/c1-10-6-7-17-14(8-10)16-12(9-15(19)20)11-4-2-3-5-13(11)18-16/h2-8,12H,9H2,1H3,(H,19,20). The van der Waals surface area contributed by atoms with Crippen molar-refractivity contribution < 1.29 is 9.90 Å². The van der Waals surface area contributed by atoms with Gasteiger partial charge >= 0.3 is 5.97 Å². The molecule has 3 rings (SSSR count). The molecule has 100 valence electrons. The molecule has 4 heteroatoms. The first-order chi connectivity index (χ1) is 9.65. The minimum absolute atomic E-state index is 0.0332. The Morgan fingerprint density at radius 1 is 1.30 bits per heavy atom. The van der Waals surface area contributed by atoms with Gasteiger partial charge in [-0.2, -0.15) is 0 Å². The molecule has 2 heterocycles. The number of carbonyl (C=O) groups is 1. The van der Waals surface area contributed by atoms with Crippen LogP contribution in [0.1, 0.15) is 29.2 Å². The van der Waals surface area contributed by atoms with Crippen molar-refractivity contribution in [2.75, 3.05) is 0 Å². The maximum atomic E-state index is 11.1. The molecule has 0 bridgehead atoms. The van der Waals surface area contributed by atoms with Gasteiger partial charge in [-0.15, -0.1) is 0 Å². The molecule has 0 radical (unpaired) electrons. The predicted octanol–water partition coefficient (Wildman–Crippen LogP) is 3.08. The van der Waals surface area contributed by atoms with Gasteiger partial charge in [0.25, 0.3) is 0 Å². The molecular formula is C16H14N2O2. The number of hydrogen-bond donors (Lipinski definition) is 1. The van der Waals surface area contributed by atoms with Crippen LogP contribution in [-0.4, -0.2) is 21.8 Å². The maximum Gasteiger partial charge on any atom is 0.304 e. The number of hydrogen-bond acceptors (Lipinski definition) is 3. The highest BCUT2D eigenvalue weighted by Gasteiger charge is 2.30. The number of benzene rings is 1. The van der Waals surface area contributed by atoms with Crippen LogP contribution >= 0.6 is 0 Å². The van der Waals surface area contributed by atoms with Crippen LogP contribution in [0.2, 0.25) is 0 Å². The van der Waals surface area contributed by atoms with Crippen LogP contribution in [0, 0.1) is 6.92 Å². The zero-order valence-electron chi connectivity index (χ0n) is 11.1. The summed E-state index contributed by atoms with van der Waals surface area (Å²) in [7, 11) is 0. The van der Waals surface area contributed by atoms with E-state index in [1.807, 2.05) is 43.3 Å². The Kier molecular flexibility index (Phi) is 3.06. The number of rotatable bonds is 3. The molecule has 0 fully saturated rings. The molecule has 1 aliphatic heterocycles. The third-order valence-electron chi connectivity index (χ3n) is 3.44. The lowest BCUT2D eigenvalue weighted by Gasteiger charge is -2.12. The van der Waals surface area contributed by atoms with E-state index in [9.17, 15) is 4.79 Å². The van der Waals surface area contributed by atoms with Crippen LogP contribution in [0.4, 0.5) is 5.69 Å². The van der Waals surface area contributed by atoms with Gasteiger partial charge in [-0.1, -0.05) is 18.2 Å². The normalized spacial score (nSPS) is 16.6. The number of fused-ring (bicyclic) bond motifs is 1. The number of carboxylic acids is 1. The summed E-state index contributed by atoms with van der Waals surface area (Å²) in [4.78, 5) is 20.1. The van der Waals surface area contributed by atoms with Crippen molar-refractivity contribution in [3.05, 3.63) is 59.4 Å². The van der Waals surface area contributed by atoms with Gasteiger partial charge in [0.05, 0.1) is 23.5 Å². The first-order valence-corrected chi connectivity index (χ1v) is 6.47. The molecule has 0 saturated carbocycles. The number of aromatic nitrogens is 1. The smallest absolute Gasteiger partial charge is 0.304 e. The van der Waals surface area contributed by atoms with E-state index in [-0.39, 0.29) is 12.3 Å². The van der Waals surface area contributed by atoms with E-state index in [0.29, 0.717) is 0 Å². The molecule has 4 nitrogen and oxygen atoms in total. The Hall–Kier alpha value is -2.49. The maximum absolute atomic E-state index is 11.1. The Labute approximate surface area is 116 Å². The number of para-hydroxylation sites is 1. The summed E-state index contributed by atoms with van der Waals surface area (Å²) < 4.78 is 0. The second-order valence-electron chi connectivity index (χ2n) is 4.92. The van der Waals surface area contributed by atoms with Crippen LogP contribution < -0.4 is 0 Å². The number of pyridine rings is 1. The molecule has 20 heavy (non-hydrogen) atoms. The summed E-state index contributed by atoms with van der Waals surface area (Å²) in [5.41, 5.74) is 4.40. The van der Waals surface area contributed by atoms with E-state index >= 15 is 0 Å². The highest BCUT2D eigenvalue weighted by molar-refractivity contribution is 6.09. The molecule has 1 N–H and O–H groups in total. The molecule has 1 aromatic carbocycles. The van der Waals surface area contributed by atoms with Gasteiger partial charge in [-0.3, -0.25) is 14.8 Å². The monoisotopic (exact) mass is 266 g/mol. The van der Waals surface area contributed by atoms with E-state index in [2.05, 4.69) is 9.98 Å². The zero-order valence-corrected chi connectivity index (χ0v) is 11.1. The van der Waals surface area contributed by atoms with Crippen molar-refractivity contribution in [2.24, 2.45) is 4.99 Å². The van der Waals surface area contributed by atoms with Crippen molar-refractivity contribution in [2.45, 2.75) is 19.3 Å². The van der Waals surface area contributed by atoms with E-state index in [4.69, 9.17) is 5.11 Å². The van der Waals surface area contributed by atoms with Gasteiger partial charge in [0.2, 0.25) is 0 Å². The average molecular weight is 266 g/mol. The number of carboxylic acid groups (broad SMARTS) is 1. The second kappa shape index (κ2) is 4.89. The van der Waals surface area contributed by atoms with Gasteiger partial charge in [0, 0.05) is 12.1 Å². The van der Waals surface area contributed by atoms with Crippen molar-refractivity contribution in [3.63, 3.8) is 0 Å². The fourth-order valence-electron chi connectivity index (χ4n) is 2.53. The number of aliphatic imine (C=N–C) groups is 1. The minimum atomic E-state index is -0.827. The fourth-order valence-corrected chi connectivity index (χ4v) is 2.53. The molecule has 0 spiro atoms. The summed E-state index contributed by atoms with van der Waals surface area (Å²) in [5, 5.41) is 9.14. The average Bonchev–Trinajstić information content (AvgIpc) is 2.77. The van der Waals surface area contributed by atoms with E-state index < -0.39 is 5.97 Å². The quantitative estimate of drug-likeness (QED) is 0.928. The van der Waals surface area contributed by atoms with E-state index in [0.717, 1.165) is 28.2 Å². The molecule has 0 saturated heterocycles. The Balaban J connectivity index is 2.08. The third-order valence-corrected chi connectivity index (χ3v) is 3.44. The minimum Gasteiger partial charge on any atom is -0.481 e. The summed E-state index contributed by atoms with van der Waals surface area (Å²) in [6, 6.07) is 11.5. The van der Waals surface area contributed by atoms with Gasteiger partial charge in [-0.05, 0) is 36.2 Å². The Morgan fingerprint density at radius 2 is 2.10 bits per heavy atom. The lowest BCUT2D eigenvalue weighted by atomic mass is 9.90. The van der Waals surface area contributed by atoms with Gasteiger partial charge < -0.3 is 5.11 Å². The van der Waals surface area contributed by atoms with Crippen molar-refractivity contribution in [1.29, 1.82) is 0 Å². The van der Waals surface area contributed by atoms with Crippen LogP contribution in [-0.2, 0) is 4.79 Å². The Bertz CT molecular complexity index is 707. The number of nitrogens with zero attached hydrogens (tertiary/aromatic N) is 2. The van der Waals surface area contributed by atoms with Crippen molar-refractivity contribution in [1.82, 2.24) is 4.98 Å². The Morgan fingerprint density at radius 3 is 2.85 bits per heavy atom. The predicted molar refractivity (Wildman–Crippen MR) is 76.6 cm³/mol. The topological polar surface area (TPSA) is 62.5 Å². The fraction of sp³-hybridized carbons (Fsp3) is 0.188. The summed E-state index contributed by atoms with van der Waals surface area (Å²) in [6.45, 7) is 1.99. The van der Waals surface area contributed by atoms with Gasteiger partial charge in [0.1, 0.15) is 0 Å². The van der Waals surface area contributed by atoms with Crippen LogP contribution in [0.15, 0.2) is 47.6 Å². The zero-order chi connectivity index (χ0) is 14.1. The van der Waals surface area contributed by atoms with Crippen LogP contribution in [0.5, 0.6) is 0 Å². The van der Waals surface area contributed by atoms with E-state index in [1.54, 1.807) is 6.20 Å². The van der Waals surface area contributed by atoms with Gasteiger partial charge in [0.15, 0.2) is 0 Å². The molecule has 1 aromatic heterocycles. The highest BCUT2D eigenvalue weighted by atomic mass is 16.4. The van der Waals surface area contributed by atoms with Crippen molar-refractivity contribution in [3.8, 4) is 0 Å². The molecule has 0 amide bonds. The van der Waals surface area contributed by atoms with Crippen LogP contribution in [0.3, 0.4) is 0 Å². The SMILES string of the molecule is Cc1ccnc(C2=Nc3ccccc3C2CC(=O)O)c1. The molecule has 1 aliphatic rings. The number of aliphatic carboxylic acids is 1. The summed E-state index contributed by atoms with van der Waals surface area (Å²) in [5.74, 6) is -1.05. The third kappa shape index (κ3) is 2.20. The highest BCUT2D eigenvalue weighted by Crippen LogP contribution is 2.39. The first kappa shape index (κ1) is 12.5. The molecular weight excluding hydrogens is 252 g/mol. The lowest BCUT2D eigenvalue weighted by molar-refractivity contribution is -0.137. The largest absolute Gasteiger partial charge is 0.481 e. The van der Waals surface area contributed by atoms with E-state index in [1.165, 1.54) is 0 Å². The molecule has 1 atom stereocenters. The van der Waals surface area contributed by atoms with Crippen molar-refractivity contribution >= 4 is 17.4 Å². The molecule has 2 aromatic rings. The molecule has 0 aliphatic carbocycles. The number of aryl methyl sites for hydroxylation is 1. The summed E-state index contributed by atoms with van der Waals surface area (Å²) >= 11 is 0.